The standard InChI is InChI=1S/C47H66N2O14S2/c1-6-48-41-20-18-37(64(52,53)54)35-39(41)46(2,3)43(48)15-11-8-7-9-12-16-44-47(4,22-24-59-27-28-61-31-32-63-34-33-62-30-29-60-26-25-58-5)40-36-38(65(55,56)57)19-21-42(40)49(44)23-14-10-13-17-45(50)51/h7-9,11-12,15-16,18-21,35-36H,6,10,13-14,17,22-34H2,1-5H3,(H2-,50,51,52,53,54,55,56,57)/p+1. The number of carboxylic acid groups (broad SMARTS) is 1. The van der Waals surface area contributed by atoms with Gasteiger partial charge in [-0.3, -0.25) is 13.9 Å². The Morgan fingerprint density at radius 2 is 1.22 bits per heavy atom. The van der Waals surface area contributed by atoms with E-state index in [2.05, 4.69) is 9.48 Å². The van der Waals surface area contributed by atoms with E-state index in [0.29, 0.717) is 111 Å². The first-order valence-corrected chi connectivity index (χ1v) is 24.8. The van der Waals surface area contributed by atoms with Crippen LogP contribution < -0.4 is 4.90 Å². The smallest absolute Gasteiger partial charge is 0.303 e. The molecule has 1 unspecified atom stereocenters. The summed E-state index contributed by atoms with van der Waals surface area (Å²) in [7, 11) is -7.24. The molecule has 3 N–H and O–H groups in total. The van der Waals surface area contributed by atoms with E-state index in [-0.39, 0.29) is 16.2 Å². The quantitative estimate of drug-likeness (QED) is 0.0312. The molecule has 0 spiro atoms. The molecule has 0 amide bonds. The van der Waals surface area contributed by atoms with Crippen LogP contribution in [0.25, 0.3) is 0 Å². The average Bonchev–Trinajstić information content (AvgIpc) is 3.61. The number of rotatable bonds is 31. The van der Waals surface area contributed by atoms with Gasteiger partial charge in [0.15, 0.2) is 5.71 Å². The molecular weight excluding hydrogens is 881 g/mol. The number of anilines is 1. The Kier molecular flexibility index (Phi) is 21.2. The number of benzene rings is 2. The Bertz CT molecular complexity index is 2270. The molecule has 0 aromatic heterocycles. The van der Waals surface area contributed by atoms with E-state index in [1.165, 1.54) is 24.3 Å². The minimum absolute atomic E-state index is 0.0723. The van der Waals surface area contributed by atoms with Crippen molar-refractivity contribution in [2.75, 3.05) is 97.8 Å². The fourth-order valence-corrected chi connectivity index (χ4v) is 8.97. The highest BCUT2D eigenvalue weighted by Gasteiger charge is 2.48. The Balaban J connectivity index is 1.45. The van der Waals surface area contributed by atoms with Gasteiger partial charge in [-0.15, -0.1) is 0 Å². The molecule has 65 heavy (non-hydrogen) atoms. The zero-order chi connectivity index (χ0) is 47.5. The molecule has 0 saturated heterocycles. The second-order valence-corrected chi connectivity index (χ2v) is 19.1. The fraction of sp³-hybridized carbons (Fsp3) is 0.532. The van der Waals surface area contributed by atoms with Gasteiger partial charge in [0.2, 0.25) is 5.69 Å². The third-order valence-corrected chi connectivity index (χ3v) is 13.1. The van der Waals surface area contributed by atoms with E-state index in [4.69, 9.17) is 28.4 Å². The molecule has 0 radical (unpaired) electrons. The van der Waals surface area contributed by atoms with Gasteiger partial charge >= 0.3 is 5.97 Å². The summed E-state index contributed by atoms with van der Waals surface area (Å²) >= 11 is 0. The van der Waals surface area contributed by atoms with Crippen LogP contribution in [-0.2, 0) is 64.3 Å². The van der Waals surface area contributed by atoms with Crippen LogP contribution in [0.3, 0.4) is 0 Å². The van der Waals surface area contributed by atoms with Crippen LogP contribution in [-0.4, -0.2) is 140 Å². The zero-order valence-corrected chi connectivity index (χ0v) is 39.9. The van der Waals surface area contributed by atoms with Gasteiger partial charge in [0.1, 0.15) is 6.54 Å². The van der Waals surface area contributed by atoms with Crippen molar-refractivity contribution in [1.82, 2.24) is 0 Å². The van der Waals surface area contributed by atoms with E-state index in [9.17, 15) is 35.8 Å². The SMILES string of the molecule is CCN1/C(=C/C=C/C=C/C=C/C2=[N+](CCCCCC(=O)O)c3ccc(S(=O)(=O)O)cc3C2(C)CCOCCOCCOCCOCCOCCOC)C(C)(C)c2cc(S(=O)(=O)O)ccc21. The lowest BCUT2D eigenvalue weighted by atomic mass is 9.76. The van der Waals surface area contributed by atoms with E-state index >= 15 is 0 Å². The molecule has 1 atom stereocenters. The topological polar surface area (TPSA) is 208 Å². The van der Waals surface area contributed by atoms with Crippen LogP contribution in [0.15, 0.2) is 94.4 Å². The Hall–Kier alpha value is -4.08. The second-order valence-electron chi connectivity index (χ2n) is 16.2. The largest absolute Gasteiger partial charge is 0.481 e. The third kappa shape index (κ3) is 15.5. The number of ether oxygens (including phenoxy) is 6. The van der Waals surface area contributed by atoms with Gasteiger partial charge in [0.05, 0.1) is 81.3 Å². The van der Waals surface area contributed by atoms with Crippen molar-refractivity contribution in [2.24, 2.45) is 0 Å². The predicted molar refractivity (Wildman–Crippen MR) is 248 cm³/mol. The van der Waals surface area contributed by atoms with Crippen molar-refractivity contribution in [3.63, 3.8) is 0 Å². The van der Waals surface area contributed by atoms with Gasteiger partial charge in [0, 0.05) is 67.6 Å². The molecular formula is C47H67N2O14S2+. The highest BCUT2D eigenvalue weighted by Crippen LogP contribution is 2.48. The van der Waals surface area contributed by atoms with E-state index in [1.54, 1.807) is 19.2 Å². The first-order valence-electron chi connectivity index (χ1n) is 21.9. The number of unbranched alkanes of at least 4 members (excludes halogenated alkanes) is 2. The van der Waals surface area contributed by atoms with E-state index in [1.807, 2.05) is 70.2 Å². The Labute approximate surface area is 384 Å². The lowest BCUT2D eigenvalue weighted by molar-refractivity contribution is -0.438. The number of aliphatic carboxylic acids is 1. The summed E-state index contributed by atoms with van der Waals surface area (Å²) in [4.78, 5) is 12.9. The number of allylic oxidation sites excluding steroid dienone is 8. The number of hydrogen-bond acceptors (Lipinski definition) is 12. The first kappa shape index (κ1) is 53.5. The van der Waals surface area contributed by atoms with Crippen LogP contribution >= 0.6 is 0 Å². The number of carboxylic acids is 1. The van der Waals surface area contributed by atoms with Crippen LogP contribution in [0, 0.1) is 0 Å². The molecule has 18 heteroatoms. The molecule has 0 saturated carbocycles. The lowest BCUT2D eigenvalue weighted by Crippen LogP contribution is -2.33. The maximum absolute atomic E-state index is 12.3. The highest BCUT2D eigenvalue weighted by atomic mass is 32.2. The maximum Gasteiger partial charge on any atom is 0.303 e. The predicted octanol–water partition coefficient (Wildman–Crippen LogP) is 6.67. The monoisotopic (exact) mass is 947 g/mol. The number of nitrogens with zero attached hydrogens (tertiary/aromatic N) is 2. The number of carbonyl (C=O) groups is 1. The van der Waals surface area contributed by atoms with Crippen molar-refractivity contribution in [1.29, 1.82) is 0 Å². The van der Waals surface area contributed by atoms with Gasteiger partial charge in [-0.2, -0.15) is 21.4 Å². The molecule has 2 heterocycles. The molecule has 2 aromatic rings. The third-order valence-electron chi connectivity index (χ3n) is 11.4. The van der Waals surface area contributed by atoms with Crippen molar-refractivity contribution < 1.29 is 68.8 Å². The van der Waals surface area contributed by atoms with Crippen molar-refractivity contribution in [3.8, 4) is 0 Å². The number of likely N-dealkylation sites (N-methyl/N-ethyl adjacent to an activating group) is 1. The number of methoxy groups -OCH3 is 1. The molecule has 2 aliphatic heterocycles. The second kappa shape index (κ2) is 25.7. The van der Waals surface area contributed by atoms with E-state index in [0.717, 1.165) is 33.9 Å². The van der Waals surface area contributed by atoms with Gasteiger partial charge in [-0.05, 0) is 75.1 Å². The number of fused-ring (bicyclic) bond motifs is 2. The van der Waals surface area contributed by atoms with E-state index < -0.39 is 37.0 Å². The minimum Gasteiger partial charge on any atom is -0.481 e. The van der Waals surface area contributed by atoms with Crippen LogP contribution in [0.4, 0.5) is 11.4 Å². The van der Waals surface area contributed by atoms with Crippen molar-refractivity contribution >= 4 is 43.3 Å². The Morgan fingerprint density at radius 3 is 1.77 bits per heavy atom. The summed E-state index contributed by atoms with van der Waals surface area (Å²) in [5.74, 6) is -0.848. The van der Waals surface area contributed by atoms with Gasteiger partial charge in [-0.25, -0.2) is 0 Å². The normalized spacial score (nSPS) is 18.0. The van der Waals surface area contributed by atoms with Crippen LogP contribution in [0.5, 0.6) is 0 Å². The average molecular weight is 948 g/mol. The maximum atomic E-state index is 12.3. The van der Waals surface area contributed by atoms with Crippen LogP contribution in [0.2, 0.25) is 0 Å². The van der Waals surface area contributed by atoms with Gasteiger partial charge < -0.3 is 38.4 Å². The van der Waals surface area contributed by atoms with Gasteiger partial charge in [0.25, 0.3) is 20.2 Å². The fourth-order valence-electron chi connectivity index (χ4n) is 7.96. The van der Waals surface area contributed by atoms with Crippen LogP contribution in [0.1, 0.15) is 70.9 Å². The molecule has 4 rings (SSSR count). The highest BCUT2D eigenvalue weighted by molar-refractivity contribution is 7.86. The summed E-state index contributed by atoms with van der Waals surface area (Å²) in [5, 5.41) is 9.17. The molecule has 360 valence electrons. The summed E-state index contributed by atoms with van der Waals surface area (Å²) in [5.41, 5.74) is 3.78. The summed E-state index contributed by atoms with van der Waals surface area (Å²) < 4.78 is 103. The van der Waals surface area contributed by atoms with Gasteiger partial charge in [-0.1, -0.05) is 44.2 Å². The van der Waals surface area contributed by atoms with Crippen molar-refractivity contribution in [3.05, 3.63) is 95.8 Å². The summed E-state index contributed by atoms with van der Waals surface area (Å²) in [6.07, 6.45) is 15.9. The number of hydrogen-bond donors (Lipinski definition) is 3. The molecule has 0 bridgehead atoms. The zero-order valence-electron chi connectivity index (χ0n) is 38.3. The molecule has 0 fully saturated rings. The molecule has 2 aliphatic rings. The lowest BCUT2D eigenvalue weighted by Gasteiger charge is -2.25. The first-order chi connectivity index (χ1) is 31.0. The molecule has 2 aromatic carbocycles. The molecule has 0 aliphatic carbocycles. The minimum atomic E-state index is -4.50. The summed E-state index contributed by atoms with van der Waals surface area (Å²) in [6.45, 7) is 14.0. The summed E-state index contributed by atoms with van der Waals surface area (Å²) in [6, 6.07) is 9.27. The van der Waals surface area contributed by atoms with Crippen molar-refractivity contribution in [2.45, 2.75) is 80.4 Å². The molecule has 16 nitrogen and oxygen atoms in total. The Morgan fingerprint density at radius 1 is 0.692 bits per heavy atom.